The second-order valence-electron chi connectivity index (χ2n) is 2.87. The zero-order chi connectivity index (χ0) is 8.72. The van der Waals surface area contributed by atoms with Crippen LogP contribution in [0.15, 0.2) is 28.9 Å². The molecule has 12 heavy (non-hydrogen) atoms. The highest BCUT2D eigenvalue weighted by molar-refractivity contribution is 9.10. The van der Waals surface area contributed by atoms with Gasteiger partial charge >= 0.3 is 0 Å². The van der Waals surface area contributed by atoms with E-state index in [0.29, 0.717) is 0 Å². The van der Waals surface area contributed by atoms with Crippen molar-refractivity contribution in [1.82, 2.24) is 4.57 Å². The van der Waals surface area contributed by atoms with Crippen molar-refractivity contribution in [3.05, 3.63) is 28.9 Å². The standard InChI is InChI=1S/C9H9BrN2/c1-12-3-2-6-4-7(11)5-8(10)9(6)12/h2-5H,11H2,1H3. The number of hydrogen-bond acceptors (Lipinski definition) is 1. The summed E-state index contributed by atoms with van der Waals surface area (Å²) in [6.07, 6.45) is 2.02. The van der Waals surface area contributed by atoms with Crippen molar-refractivity contribution in [3.8, 4) is 0 Å². The van der Waals surface area contributed by atoms with Crippen molar-refractivity contribution in [1.29, 1.82) is 0 Å². The Labute approximate surface area is 79.1 Å². The van der Waals surface area contributed by atoms with Crippen molar-refractivity contribution < 1.29 is 0 Å². The number of aromatic nitrogens is 1. The summed E-state index contributed by atoms with van der Waals surface area (Å²) in [7, 11) is 2.02. The summed E-state index contributed by atoms with van der Waals surface area (Å²) in [6.45, 7) is 0. The van der Waals surface area contributed by atoms with Gasteiger partial charge < -0.3 is 10.3 Å². The first-order valence-corrected chi connectivity index (χ1v) is 4.48. The molecule has 0 aliphatic rings. The number of hydrogen-bond donors (Lipinski definition) is 1. The van der Waals surface area contributed by atoms with Crippen LogP contribution >= 0.6 is 15.9 Å². The molecule has 0 amide bonds. The van der Waals surface area contributed by atoms with Gasteiger partial charge in [-0.2, -0.15) is 0 Å². The second-order valence-corrected chi connectivity index (χ2v) is 3.72. The second kappa shape index (κ2) is 2.52. The highest BCUT2D eigenvalue weighted by Gasteiger charge is 2.02. The molecule has 0 spiro atoms. The number of rotatable bonds is 0. The molecule has 0 radical (unpaired) electrons. The Bertz CT molecular complexity index is 431. The number of nitrogens with two attached hydrogens (primary N) is 1. The van der Waals surface area contributed by atoms with Crippen LogP contribution in [-0.4, -0.2) is 4.57 Å². The number of halogens is 1. The van der Waals surface area contributed by atoms with E-state index in [0.717, 1.165) is 10.2 Å². The molecule has 2 rings (SSSR count). The van der Waals surface area contributed by atoms with Gasteiger partial charge in [-0.05, 0) is 34.1 Å². The summed E-state index contributed by atoms with van der Waals surface area (Å²) in [4.78, 5) is 0. The number of aryl methyl sites for hydroxylation is 1. The van der Waals surface area contributed by atoms with E-state index in [1.807, 2.05) is 25.4 Å². The van der Waals surface area contributed by atoms with Gasteiger partial charge in [0, 0.05) is 28.8 Å². The Morgan fingerprint density at radius 1 is 1.42 bits per heavy atom. The average molecular weight is 225 g/mol. The summed E-state index contributed by atoms with van der Waals surface area (Å²) in [6, 6.07) is 5.94. The smallest absolute Gasteiger partial charge is 0.0623 e. The molecule has 0 unspecified atom stereocenters. The lowest BCUT2D eigenvalue weighted by Gasteiger charge is -2.00. The molecule has 2 N–H and O–H groups in total. The Morgan fingerprint density at radius 3 is 2.92 bits per heavy atom. The molecule has 0 fully saturated rings. The Kier molecular flexibility index (Phi) is 1.61. The van der Waals surface area contributed by atoms with Crippen LogP contribution in [0, 0.1) is 0 Å². The molecule has 0 saturated carbocycles. The number of fused-ring (bicyclic) bond motifs is 1. The van der Waals surface area contributed by atoms with Gasteiger partial charge in [0.05, 0.1) is 5.52 Å². The first-order valence-electron chi connectivity index (χ1n) is 3.68. The number of nitrogens with zero attached hydrogens (tertiary/aromatic N) is 1. The van der Waals surface area contributed by atoms with Gasteiger partial charge in [-0.15, -0.1) is 0 Å². The van der Waals surface area contributed by atoms with Crippen LogP contribution in [0.3, 0.4) is 0 Å². The first kappa shape index (κ1) is 7.68. The fraction of sp³-hybridized carbons (Fsp3) is 0.111. The molecule has 1 heterocycles. The quantitative estimate of drug-likeness (QED) is 0.686. The maximum atomic E-state index is 5.69. The van der Waals surface area contributed by atoms with Crippen molar-refractivity contribution >= 4 is 32.5 Å². The summed E-state index contributed by atoms with van der Waals surface area (Å²) in [5.74, 6) is 0. The molecule has 1 aromatic heterocycles. The predicted molar refractivity (Wildman–Crippen MR) is 55.0 cm³/mol. The maximum absolute atomic E-state index is 5.69. The minimum Gasteiger partial charge on any atom is -0.399 e. The van der Waals surface area contributed by atoms with Crippen molar-refractivity contribution in [2.24, 2.45) is 7.05 Å². The molecule has 2 nitrogen and oxygen atoms in total. The van der Waals surface area contributed by atoms with E-state index in [1.54, 1.807) is 0 Å². The molecule has 0 aliphatic carbocycles. The van der Waals surface area contributed by atoms with E-state index in [9.17, 15) is 0 Å². The molecule has 2 aromatic rings. The van der Waals surface area contributed by atoms with Crippen LogP contribution in [-0.2, 0) is 7.05 Å². The van der Waals surface area contributed by atoms with Crippen LogP contribution in [0.4, 0.5) is 5.69 Å². The van der Waals surface area contributed by atoms with Crippen LogP contribution in [0.1, 0.15) is 0 Å². The summed E-state index contributed by atoms with van der Waals surface area (Å²) in [5, 5.41) is 1.17. The average Bonchev–Trinajstić information content (AvgIpc) is 2.31. The van der Waals surface area contributed by atoms with Gasteiger partial charge in [0.15, 0.2) is 0 Å². The van der Waals surface area contributed by atoms with Gasteiger partial charge in [0.2, 0.25) is 0 Å². The molecule has 62 valence electrons. The highest BCUT2D eigenvalue weighted by Crippen LogP contribution is 2.27. The van der Waals surface area contributed by atoms with E-state index in [-0.39, 0.29) is 0 Å². The zero-order valence-corrected chi connectivity index (χ0v) is 8.30. The molecule has 0 bridgehead atoms. The topological polar surface area (TPSA) is 30.9 Å². The largest absolute Gasteiger partial charge is 0.399 e. The SMILES string of the molecule is Cn1ccc2cc(N)cc(Br)c21. The predicted octanol–water partition coefficient (Wildman–Crippen LogP) is 2.52. The lowest BCUT2D eigenvalue weighted by molar-refractivity contribution is 0.967. The third-order valence-electron chi connectivity index (χ3n) is 1.95. The molecule has 0 saturated heterocycles. The Hall–Kier alpha value is -0.960. The van der Waals surface area contributed by atoms with Crippen molar-refractivity contribution in [2.45, 2.75) is 0 Å². The van der Waals surface area contributed by atoms with E-state index in [2.05, 4.69) is 26.6 Å². The van der Waals surface area contributed by atoms with Gasteiger partial charge in [0.1, 0.15) is 0 Å². The number of anilines is 1. The van der Waals surface area contributed by atoms with E-state index < -0.39 is 0 Å². The van der Waals surface area contributed by atoms with Gasteiger partial charge in [0.25, 0.3) is 0 Å². The van der Waals surface area contributed by atoms with Crippen molar-refractivity contribution in [3.63, 3.8) is 0 Å². The normalized spacial score (nSPS) is 10.8. The third kappa shape index (κ3) is 1.01. The summed E-state index contributed by atoms with van der Waals surface area (Å²) >= 11 is 3.48. The van der Waals surface area contributed by atoms with Crippen LogP contribution < -0.4 is 5.73 Å². The molecular weight excluding hydrogens is 216 g/mol. The van der Waals surface area contributed by atoms with Gasteiger partial charge in [-0.3, -0.25) is 0 Å². The Balaban J connectivity index is 2.93. The highest BCUT2D eigenvalue weighted by atomic mass is 79.9. The Morgan fingerprint density at radius 2 is 2.17 bits per heavy atom. The molecule has 3 heteroatoms. The number of benzene rings is 1. The fourth-order valence-electron chi connectivity index (χ4n) is 1.41. The zero-order valence-electron chi connectivity index (χ0n) is 6.71. The van der Waals surface area contributed by atoms with Crippen molar-refractivity contribution in [2.75, 3.05) is 5.73 Å². The minimum absolute atomic E-state index is 0.792. The number of nitrogen functional groups attached to an aromatic ring is 1. The molecule has 1 aromatic carbocycles. The van der Waals surface area contributed by atoms with E-state index in [4.69, 9.17) is 5.73 Å². The molecule has 0 aliphatic heterocycles. The van der Waals surface area contributed by atoms with E-state index >= 15 is 0 Å². The van der Waals surface area contributed by atoms with E-state index in [1.165, 1.54) is 10.9 Å². The third-order valence-corrected chi connectivity index (χ3v) is 2.55. The van der Waals surface area contributed by atoms with Gasteiger partial charge in [-0.1, -0.05) is 0 Å². The summed E-state index contributed by atoms with van der Waals surface area (Å²) < 4.78 is 3.11. The maximum Gasteiger partial charge on any atom is 0.0623 e. The lowest BCUT2D eigenvalue weighted by atomic mass is 10.2. The van der Waals surface area contributed by atoms with Crippen LogP contribution in [0.5, 0.6) is 0 Å². The lowest BCUT2D eigenvalue weighted by Crippen LogP contribution is -1.88. The van der Waals surface area contributed by atoms with Crippen LogP contribution in [0.2, 0.25) is 0 Å². The fourth-order valence-corrected chi connectivity index (χ4v) is 2.18. The summed E-state index contributed by atoms with van der Waals surface area (Å²) in [5.41, 5.74) is 7.67. The minimum atomic E-state index is 0.792. The van der Waals surface area contributed by atoms with Crippen LogP contribution in [0.25, 0.3) is 10.9 Å². The monoisotopic (exact) mass is 224 g/mol. The van der Waals surface area contributed by atoms with Gasteiger partial charge in [-0.25, -0.2) is 0 Å². The first-order chi connectivity index (χ1) is 5.68. The molecular formula is C9H9BrN2. The molecule has 0 atom stereocenters.